The number of nitrogens with zero attached hydrogens (tertiary/aromatic N) is 8. The minimum atomic E-state index is -5.02. The highest BCUT2D eigenvalue weighted by Gasteiger charge is 2.39. The number of rotatable bonds is 9. The van der Waals surface area contributed by atoms with E-state index in [0.717, 1.165) is 32.6 Å². The van der Waals surface area contributed by atoms with E-state index in [-0.39, 0.29) is 17.4 Å². The van der Waals surface area contributed by atoms with Crippen LogP contribution in [0.5, 0.6) is 0 Å². The first-order valence-electron chi connectivity index (χ1n) is 14.7. The predicted octanol–water partition coefficient (Wildman–Crippen LogP) is 2.16. The van der Waals surface area contributed by atoms with E-state index in [1.54, 1.807) is 12.1 Å². The minimum Gasteiger partial charge on any atom is -0.381 e. The van der Waals surface area contributed by atoms with Gasteiger partial charge in [-0.2, -0.15) is 13.2 Å². The Hall–Kier alpha value is -4.06. The van der Waals surface area contributed by atoms with Crippen molar-refractivity contribution >= 4 is 40.6 Å². The Labute approximate surface area is 268 Å². The van der Waals surface area contributed by atoms with Crippen LogP contribution in [0, 0.1) is 0 Å². The molecule has 4 heterocycles. The Morgan fingerprint density at radius 1 is 1.13 bits per heavy atom. The number of benzene rings is 1. The summed E-state index contributed by atoms with van der Waals surface area (Å²) in [6.45, 7) is 8.39. The standard InChI is InChI=1S/C28H35ClF3N11O3/c1-17-15-42(9-8-40(17)2)21-5-4-18(14-19(21)35-27(45)22-23(28(30,31)32)37-24(29)25(33)36-22)43-16-20(38-39-43)26(44)34-6-3-7-41-10-12-46-13-11-41/h4-5,14,16-17H,3,6-13,15H2,1-2H3,(H2,33,36)(H,34,44)(H,35,45)/t17-/m0/s1. The lowest BCUT2D eigenvalue weighted by Crippen LogP contribution is -2.50. The number of amides is 2. The molecule has 0 unspecified atom stereocenters. The first-order valence-corrected chi connectivity index (χ1v) is 15.1. The van der Waals surface area contributed by atoms with Gasteiger partial charge in [-0.25, -0.2) is 14.6 Å². The topological polar surface area (TPSA) is 160 Å². The first kappa shape index (κ1) is 33.3. The molecule has 4 N–H and O–H groups in total. The lowest BCUT2D eigenvalue weighted by molar-refractivity contribution is -0.141. The van der Waals surface area contributed by atoms with Crippen LogP contribution in [-0.4, -0.2) is 119 Å². The smallest absolute Gasteiger partial charge is 0.381 e. The van der Waals surface area contributed by atoms with Crippen LogP contribution in [0.4, 0.5) is 30.4 Å². The van der Waals surface area contributed by atoms with Crippen molar-refractivity contribution in [3.05, 3.63) is 46.6 Å². The van der Waals surface area contributed by atoms with Crippen LogP contribution < -0.4 is 21.3 Å². The van der Waals surface area contributed by atoms with Gasteiger partial charge in [-0.05, 0) is 45.1 Å². The van der Waals surface area contributed by atoms with E-state index < -0.39 is 40.3 Å². The van der Waals surface area contributed by atoms with E-state index in [9.17, 15) is 22.8 Å². The maximum Gasteiger partial charge on any atom is 0.435 e. The van der Waals surface area contributed by atoms with Crippen molar-refractivity contribution in [1.29, 1.82) is 0 Å². The number of anilines is 3. The van der Waals surface area contributed by atoms with Crippen molar-refractivity contribution in [2.24, 2.45) is 0 Å². The van der Waals surface area contributed by atoms with Gasteiger partial charge in [0.25, 0.3) is 11.8 Å². The molecule has 0 aliphatic carbocycles. The van der Waals surface area contributed by atoms with Gasteiger partial charge in [0.2, 0.25) is 0 Å². The number of hydrogen-bond donors (Lipinski definition) is 3. The Morgan fingerprint density at radius 2 is 1.89 bits per heavy atom. The molecular weight excluding hydrogens is 631 g/mol. The summed E-state index contributed by atoms with van der Waals surface area (Å²) in [5.74, 6) is -2.10. The Bertz CT molecular complexity index is 1570. The van der Waals surface area contributed by atoms with Gasteiger partial charge < -0.3 is 30.9 Å². The molecule has 14 nitrogen and oxygen atoms in total. The van der Waals surface area contributed by atoms with Crippen molar-refractivity contribution < 1.29 is 27.5 Å². The maximum atomic E-state index is 13.8. The number of carbonyl (C=O) groups is 2. The van der Waals surface area contributed by atoms with Gasteiger partial charge >= 0.3 is 6.18 Å². The Morgan fingerprint density at radius 3 is 2.61 bits per heavy atom. The molecule has 0 spiro atoms. The third kappa shape index (κ3) is 7.83. The summed E-state index contributed by atoms with van der Waals surface area (Å²) in [5.41, 5.74) is 4.27. The molecule has 46 heavy (non-hydrogen) atoms. The number of ether oxygens (including phenoxy) is 1. The van der Waals surface area contributed by atoms with Crippen LogP contribution in [0.25, 0.3) is 5.69 Å². The van der Waals surface area contributed by atoms with Gasteiger partial charge in [0.05, 0.1) is 36.5 Å². The zero-order valence-electron chi connectivity index (χ0n) is 25.3. The highest BCUT2D eigenvalue weighted by Crippen LogP contribution is 2.34. The fraction of sp³-hybridized carbons (Fsp3) is 0.500. The van der Waals surface area contributed by atoms with Gasteiger partial charge in [0.1, 0.15) is 0 Å². The van der Waals surface area contributed by atoms with Crippen LogP contribution >= 0.6 is 11.6 Å². The number of nitrogens with one attached hydrogen (secondary N) is 2. The summed E-state index contributed by atoms with van der Waals surface area (Å²) < 4.78 is 48.1. The molecule has 2 fully saturated rings. The Balaban J connectivity index is 1.37. The van der Waals surface area contributed by atoms with Crippen LogP contribution in [0.2, 0.25) is 5.15 Å². The van der Waals surface area contributed by atoms with Gasteiger partial charge in [-0.1, -0.05) is 16.8 Å². The van der Waals surface area contributed by atoms with E-state index in [2.05, 4.69) is 40.7 Å². The lowest BCUT2D eigenvalue weighted by atomic mass is 10.1. The van der Waals surface area contributed by atoms with E-state index in [1.807, 2.05) is 18.9 Å². The number of alkyl halides is 3. The molecule has 18 heteroatoms. The second kappa shape index (κ2) is 14.1. The Kier molecular flexibility index (Phi) is 10.2. The third-order valence-electron chi connectivity index (χ3n) is 7.92. The summed E-state index contributed by atoms with van der Waals surface area (Å²) in [6.07, 6.45) is -2.83. The maximum absolute atomic E-state index is 13.8. The summed E-state index contributed by atoms with van der Waals surface area (Å²) in [6, 6.07) is 5.15. The van der Waals surface area contributed by atoms with Crippen molar-refractivity contribution in [2.75, 3.05) is 82.0 Å². The second-order valence-corrected chi connectivity index (χ2v) is 11.5. The number of likely N-dealkylation sites (N-methyl/N-ethyl adjacent to an activating group) is 1. The molecule has 2 aliphatic rings. The molecule has 1 aromatic carbocycles. The predicted molar refractivity (Wildman–Crippen MR) is 164 cm³/mol. The minimum absolute atomic E-state index is 0.0793. The average molecular weight is 666 g/mol. The molecule has 1 atom stereocenters. The highest BCUT2D eigenvalue weighted by molar-refractivity contribution is 6.31. The molecule has 5 rings (SSSR count). The fourth-order valence-electron chi connectivity index (χ4n) is 5.19. The molecule has 0 radical (unpaired) electrons. The summed E-state index contributed by atoms with van der Waals surface area (Å²) >= 11 is 5.70. The molecule has 2 aromatic heterocycles. The van der Waals surface area contributed by atoms with Crippen molar-refractivity contribution in [2.45, 2.75) is 25.6 Å². The molecule has 0 saturated carbocycles. The normalized spacial score (nSPS) is 18.0. The van der Waals surface area contributed by atoms with E-state index in [0.29, 0.717) is 44.2 Å². The van der Waals surface area contributed by atoms with Gasteiger partial charge in [0, 0.05) is 45.3 Å². The average Bonchev–Trinajstić information content (AvgIpc) is 3.52. The van der Waals surface area contributed by atoms with Gasteiger partial charge in [-0.15, -0.1) is 5.10 Å². The number of piperazine rings is 1. The lowest BCUT2D eigenvalue weighted by Gasteiger charge is -2.39. The van der Waals surface area contributed by atoms with Crippen molar-refractivity contribution in [1.82, 2.24) is 40.1 Å². The quantitative estimate of drug-likeness (QED) is 0.288. The molecule has 2 aliphatic heterocycles. The number of nitrogens with two attached hydrogens (primary N) is 1. The van der Waals surface area contributed by atoms with Crippen LogP contribution in [-0.2, 0) is 10.9 Å². The molecule has 2 amide bonds. The molecular formula is C28H35ClF3N11O3. The summed E-state index contributed by atoms with van der Waals surface area (Å²) in [7, 11) is 2.00. The molecule has 0 bridgehead atoms. The largest absolute Gasteiger partial charge is 0.435 e. The van der Waals surface area contributed by atoms with Crippen molar-refractivity contribution in [3.8, 4) is 5.69 Å². The SMILES string of the molecule is C[C@H]1CN(c2ccc(-n3cc(C(=O)NCCCN4CCOCC4)nn3)cc2NC(=O)c2nc(N)c(Cl)nc2C(F)(F)F)CCN1C. The number of nitrogen functional groups attached to an aromatic ring is 1. The monoisotopic (exact) mass is 665 g/mol. The summed E-state index contributed by atoms with van der Waals surface area (Å²) in [5, 5.41) is 12.8. The second-order valence-electron chi connectivity index (χ2n) is 11.1. The molecule has 2 saturated heterocycles. The van der Waals surface area contributed by atoms with Crippen LogP contribution in [0.15, 0.2) is 24.4 Å². The number of halogens is 4. The first-order chi connectivity index (χ1) is 21.9. The fourth-order valence-corrected chi connectivity index (χ4v) is 5.32. The van der Waals surface area contributed by atoms with Crippen LogP contribution in [0.3, 0.4) is 0 Å². The number of morpholine rings is 1. The zero-order chi connectivity index (χ0) is 33.0. The molecule has 248 valence electrons. The van der Waals surface area contributed by atoms with E-state index in [4.69, 9.17) is 22.1 Å². The van der Waals surface area contributed by atoms with Gasteiger partial charge in [-0.3, -0.25) is 14.5 Å². The summed E-state index contributed by atoms with van der Waals surface area (Å²) in [4.78, 5) is 39.4. The number of hydrogen-bond acceptors (Lipinski definition) is 11. The van der Waals surface area contributed by atoms with Gasteiger partial charge in [0.15, 0.2) is 28.1 Å². The zero-order valence-corrected chi connectivity index (χ0v) is 26.1. The number of carbonyl (C=O) groups excluding carboxylic acids is 2. The highest BCUT2D eigenvalue weighted by atomic mass is 35.5. The van der Waals surface area contributed by atoms with Crippen LogP contribution in [0.1, 0.15) is 40.0 Å². The molecule has 3 aromatic rings. The van der Waals surface area contributed by atoms with E-state index >= 15 is 0 Å². The van der Waals surface area contributed by atoms with E-state index in [1.165, 1.54) is 16.9 Å². The van der Waals surface area contributed by atoms with Crippen molar-refractivity contribution in [3.63, 3.8) is 0 Å². The number of aromatic nitrogens is 5. The third-order valence-corrected chi connectivity index (χ3v) is 8.20.